The van der Waals surface area contributed by atoms with Gasteiger partial charge in [0.15, 0.2) is 0 Å². The van der Waals surface area contributed by atoms with Crippen LogP contribution in [-0.4, -0.2) is 38.0 Å². The molecule has 0 saturated heterocycles. The molecule has 0 aliphatic carbocycles. The number of thiophene rings is 1. The van der Waals surface area contributed by atoms with Crippen LogP contribution in [0.3, 0.4) is 0 Å². The van der Waals surface area contributed by atoms with E-state index in [4.69, 9.17) is 0 Å². The van der Waals surface area contributed by atoms with Crippen molar-refractivity contribution in [3.8, 4) is 0 Å². The number of likely N-dealkylation sites (N-methyl/N-ethyl adjacent to an activating group) is 2. The smallest absolute Gasteiger partial charge is 0.236 e. The van der Waals surface area contributed by atoms with Gasteiger partial charge in [0.1, 0.15) is 0 Å². The third-order valence-corrected chi connectivity index (χ3v) is 3.76. The van der Waals surface area contributed by atoms with Gasteiger partial charge in [-0.2, -0.15) is 0 Å². The van der Waals surface area contributed by atoms with E-state index in [0.717, 1.165) is 16.8 Å². The van der Waals surface area contributed by atoms with Gasteiger partial charge in [-0.15, -0.1) is 11.3 Å². The Morgan fingerprint density at radius 3 is 2.87 bits per heavy atom. The third-order valence-electron chi connectivity index (χ3n) is 2.08. The molecule has 0 atom stereocenters. The minimum atomic E-state index is 0.133. The van der Waals surface area contributed by atoms with Gasteiger partial charge in [-0.1, -0.05) is 0 Å². The Morgan fingerprint density at radius 1 is 1.60 bits per heavy atom. The van der Waals surface area contributed by atoms with Crippen LogP contribution in [0.4, 0.5) is 0 Å². The fourth-order valence-electron chi connectivity index (χ4n) is 1.17. The summed E-state index contributed by atoms with van der Waals surface area (Å²) in [7, 11) is 3.62. The van der Waals surface area contributed by atoms with Crippen LogP contribution in [-0.2, 0) is 11.2 Å². The van der Waals surface area contributed by atoms with Gasteiger partial charge in [0.2, 0.25) is 5.91 Å². The maximum absolute atomic E-state index is 11.4. The highest BCUT2D eigenvalue weighted by Gasteiger charge is 2.07. The van der Waals surface area contributed by atoms with E-state index in [1.54, 1.807) is 23.3 Å². The van der Waals surface area contributed by atoms with Crippen molar-refractivity contribution in [2.75, 3.05) is 27.2 Å². The quantitative estimate of drug-likeness (QED) is 0.896. The zero-order valence-electron chi connectivity index (χ0n) is 8.92. The van der Waals surface area contributed by atoms with Crippen LogP contribution >= 0.6 is 27.3 Å². The number of nitrogens with zero attached hydrogens (tertiary/aromatic N) is 1. The van der Waals surface area contributed by atoms with Gasteiger partial charge in [0, 0.05) is 18.5 Å². The van der Waals surface area contributed by atoms with E-state index in [1.165, 1.54) is 4.88 Å². The van der Waals surface area contributed by atoms with E-state index in [0.29, 0.717) is 6.54 Å². The molecule has 1 amide bonds. The SMILES string of the molecule is CNCC(=O)N(C)CCc1ccc(Br)s1. The number of nitrogens with one attached hydrogen (secondary N) is 1. The summed E-state index contributed by atoms with van der Waals surface area (Å²) < 4.78 is 1.14. The first-order valence-electron chi connectivity index (χ1n) is 4.76. The van der Waals surface area contributed by atoms with Gasteiger partial charge in [0.05, 0.1) is 10.3 Å². The van der Waals surface area contributed by atoms with Gasteiger partial charge < -0.3 is 10.2 Å². The van der Waals surface area contributed by atoms with Crippen molar-refractivity contribution in [3.63, 3.8) is 0 Å². The number of rotatable bonds is 5. The molecule has 0 aliphatic heterocycles. The molecule has 5 heteroatoms. The van der Waals surface area contributed by atoms with Gasteiger partial charge in [0.25, 0.3) is 0 Å². The lowest BCUT2D eigenvalue weighted by atomic mass is 10.3. The summed E-state index contributed by atoms with van der Waals surface area (Å²) in [5, 5.41) is 2.85. The molecule has 0 spiro atoms. The molecule has 3 nitrogen and oxygen atoms in total. The summed E-state index contributed by atoms with van der Waals surface area (Å²) in [6.45, 7) is 1.18. The predicted molar refractivity (Wildman–Crippen MR) is 67.3 cm³/mol. The van der Waals surface area contributed by atoms with Crippen molar-refractivity contribution in [1.29, 1.82) is 0 Å². The van der Waals surface area contributed by atoms with E-state index in [9.17, 15) is 4.79 Å². The standard InChI is InChI=1S/C10H15BrN2OS/c1-12-7-10(14)13(2)6-5-8-3-4-9(11)15-8/h3-4,12H,5-7H2,1-2H3. The van der Waals surface area contributed by atoms with E-state index in [-0.39, 0.29) is 5.91 Å². The molecule has 0 radical (unpaired) electrons. The molecule has 0 unspecified atom stereocenters. The maximum atomic E-state index is 11.4. The highest BCUT2D eigenvalue weighted by atomic mass is 79.9. The molecule has 1 heterocycles. The van der Waals surface area contributed by atoms with Crippen LogP contribution in [0.15, 0.2) is 15.9 Å². The number of halogens is 1. The summed E-state index contributed by atoms with van der Waals surface area (Å²) in [6, 6.07) is 4.13. The van der Waals surface area contributed by atoms with Crippen molar-refractivity contribution < 1.29 is 4.79 Å². The molecular weight excluding hydrogens is 276 g/mol. The maximum Gasteiger partial charge on any atom is 0.236 e. The molecule has 0 aromatic carbocycles. The van der Waals surface area contributed by atoms with Crippen LogP contribution < -0.4 is 5.32 Å². The Kier molecular flexibility index (Phi) is 5.28. The number of amides is 1. The molecule has 84 valence electrons. The van der Waals surface area contributed by atoms with Crippen LogP contribution in [0, 0.1) is 0 Å². The van der Waals surface area contributed by atoms with E-state index >= 15 is 0 Å². The van der Waals surface area contributed by atoms with E-state index in [2.05, 4.69) is 27.3 Å². The molecule has 0 bridgehead atoms. The first kappa shape index (κ1) is 12.7. The number of hydrogen-bond acceptors (Lipinski definition) is 3. The average molecular weight is 291 g/mol. The number of carbonyl (C=O) groups is 1. The van der Waals surface area contributed by atoms with E-state index < -0.39 is 0 Å². The summed E-state index contributed by atoms with van der Waals surface area (Å²) >= 11 is 5.14. The Balaban J connectivity index is 2.33. The fourth-order valence-corrected chi connectivity index (χ4v) is 2.65. The van der Waals surface area contributed by atoms with Crippen molar-refractivity contribution in [2.45, 2.75) is 6.42 Å². The molecule has 1 aromatic rings. The Bertz CT molecular complexity index is 327. The Labute approximate surface area is 103 Å². The number of carbonyl (C=O) groups excluding carboxylic acids is 1. The second kappa shape index (κ2) is 6.25. The van der Waals surface area contributed by atoms with Crippen molar-refractivity contribution in [2.24, 2.45) is 0 Å². The van der Waals surface area contributed by atoms with Crippen LogP contribution in [0.5, 0.6) is 0 Å². The minimum absolute atomic E-state index is 0.133. The normalized spacial score (nSPS) is 10.3. The predicted octanol–water partition coefficient (Wildman–Crippen LogP) is 1.73. The van der Waals surface area contributed by atoms with Gasteiger partial charge in [-0.25, -0.2) is 0 Å². The lowest BCUT2D eigenvalue weighted by Gasteiger charge is -2.16. The summed E-state index contributed by atoms with van der Waals surface area (Å²) in [6.07, 6.45) is 0.919. The summed E-state index contributed by atoms with van der Waals surface area (Å²) in [5.41, 5.74) is 0. The van der Waals surface area contributed by atoms with Gasteiger partial charge in [-0.3, -0.25) is 4.79 Å². The zero-order chi connectivity index (χ0) is 11.3. The lowest BCUT2D eigenvalue weighted by Crippen LogP contribution is -2.35. The minimum Gasteiger partial charge on any atom is -0.344 e. The first-order chi connectivity index (χ1) is 7.13. The highest BCUT2D eigenvalue weighted by molar-refractivity contribution is 9.11. The second-order valence-electron chi connectivity index (χ2n) is 3.30. The van der Waals surface area contributed by atoms with Crippen molar-refractivity contribution in [3.05, 3.63) is 20.8 Å². The molecule has 0 aliphatic rings. The van der Waals surface area contributed by atoms with Crippen molar-refractivity contribution >= 4 is 33.2 Å². The largest absolute Gasteiger partial charge is 0.344 e. The monoisotopic (exact) mass is 290 g/mol. The van der Waals surface area contributed by atoms with Crippen LogP contribution in [0.2, 0.25) is 0 Å². The van der Waals surface area contributed by atoms with Crippen LogP contribution in [0.1, 0.15) is 4.88 Å². The molecule has 1 N–H and O–H groups in total. The topological polar surface area (TPSA) is 32.3 Å². The molecule has 1 rings (SSSR count). The van der Waals surface area contributed by atoms with Gasteiger partial charge in [-0.05, 0) is 41.5 Å². The van der Waals surface area contributed by atoms with E-state index in [1.807, 2.05) is 13.1 Å². The molecular formula is C10H15BrN2OS. The van der Waals surface area contributed by atoms with Gasteiger partial charge >= 0.3 is 0 Å². The fraction of sp³-hybridized carbons (Fsp3) is 0.500. The second-order valence-corrected chi connectivity index (χ2v) is 5.85. The number of hydrogen-bond donors (Lipinski definition) is 1. The molecule has 0 fully saturated rings. The Morgan fingerprint density at radius 2 is 2.33 bits per heavy atom. The summed E-state index contributed by atoms with van der Waals surface area (Å²) in [5.74, 6) is 0.133. The first-order valence-corrected chi connectivity index (χ1v) is 6.37. The average Bonchev–Trinajstić information content (AvgIpc) is 2.61. The zero-order valence-corrected chi connectivity index (χ0v) is 11.3. The van der Waals surface area contributed by atoms with Crippen LogP contribution in [0.25, 0.3) is 0 Å². The third kappa shape index (κ3) is 4.32. The molecule has 1 aromatic heterocycles. The molecule has 15 heavy (non-hydrogen) atoms. The summed E-state index contributed by atoms with van der Waals surface area (Å²) in [4.78, 5) is 14.5. The highest BCUT2D eigenvalue weighted by Crippen LogP contribution is 2.22. The lowest BCUT2D eigenvalue weighted by molar-refractivity contribution is -0.128. The Hall–Kier alpha value is -0.390. The molecule has 0 saturated carbocycles. The van der Waals surface area contributed by atoms with Crippen molar-refractivity contribution in [1.82, 2.24) is 10.2 Å².